The van der Waals surface area contributed by atoms with Crippen molar-refractivity contribution in [1.82, 2.24) is 9.97 Å². The van der Waals surface area contributed by atoms with Gasteiger partial charge in [0.25, 0.3) is 10.0 Å². The Morgan fingerprint density at radius 1 is 1.14 bits per heavy atom. The Kier molecular flexibility index (Phi) is 5.90. The molecule has 2 N–H and O–H groups in total. The number of benzene rings is 2. The molecule has 0 saturated carbocycles. The zero-order chi connectivity index (χ0) is 24.9. The molecule has 12 heteroatoms. The number of sulfonamides is 1. The molecule has 5 rings (SSSR count). The molecule has 0 fully saturated rings. The molecule has 0 atom stereocenters. The molecule has 3 aromatic rings. The van der Waals surface area contributed by atoms with Gasteiger partial charge in [-0.1, -0.05) is 35.3 Å². The molecule has 2 aliphatic heterocycles. The summed E-state index contributed by atoms with van der Waals surface area (Å²) >= 11 is 12.2. The first kappa shape index (κ1) is 23.5. The minimum absolute atomic E-state index is 0.0683. The minimum Gasteiger partial charge on any atom is -0.357 e. The Balaban J connectivity index is 1.62. The molecule has 0 bridgehead atoms. The van der Waals surface area contributed by atoms with Gasteiger partial charge in [-0.2, -0.15) is 4.98 Å². The standard InChI is InChI=1S/C23H19Cl2FN6O2S/c1-12-6-7-17(31-35(33,34)20-15(24)4-3-5-16(20)25)19(26)18(12)14-10-13-11-29-23(27-2)30-21(13)32-9-8-28-22(14)32/h3-7,10-11,31H,8-9H2,1-2H3,(H,27,29,30). The third-order valence-corrected chi connectivity index (χ3v) is 8.03. The fraction of sp³-hybridized carbons (Fsp3) is 0.174. The van der Waals surface area contributed by atoms with E-state index in [1.165, 1.54) is 24.3 Å². The van der Waals surface area contributed by atoms with E-state index in [0.717, 1.165) is 0 Å². The van der Waals surface area contributed by atoms with Crippen molar-refractivity contribution in [3.63, 3.8) is 0 Å². The van der Waals surface area contributed by atoms with Gasteiger partial charge in [0.15, 0.2) is 5.82 Å². The van der Waals surface area contributed by atoms with Crippen LogP contribution in [0, 0.1) is 12.7 Å². The largest absolute Gasteiger partial charge is 0.357 e. The van der Waals surface area contributed by atoms with Gasteiger partial charge in [-0.25, -0.2) is 17.8 Å². The highest BCUT2D eigenvalue weighted by atomic mass is 35.5. The van der Waals surface area contributed by atoms with Crippen LogP contribution in [0.4, 0.5) is 21.8 Å². The third-order valence-electron chi connectivity index (χ3n) is 5.71. The van der Waals surface area contributed by atoms with Gasteiger partial charge in [-0.3, -0.25) is 9.71 Å². The van der Waals surface area contributed by atoms with Gasteiger partial charge >= 0.3 is 0 Å². The normalized spacial score (nSPS) is 14.7. The van der Waals surface area contributed by atoms with Crippen LogP contribution in [0.15, 0.2) is 46.4 Å². The minimum atomic E-state index is -4.27. The second-order valence-electron chi connectivity index (χ2n) is 7.91. The highest BCUT2D eigenvalue weighted by Crippen LogP contribution is 2.39. The number of hydrogen-bond acceptors (Lipinski definition) is 7. The summed E-state index contributed by atoms with van der Waals surface area (Å²) in [6, 6.07) is 7.33. The van der Waals surface area contributed by atoms with E-state index in [1.54, 1.807) is 32.3 Å². The van der Waals surface area contributed by atoms with Gasteiger partial charge in [0.2, 0.25) is 5.95 Å². The van der Waals surface area contributed by atoms with Crippen LogP contribution in [0.2, 0.25) is 10.0 Å². The molecule has 3 heterocycles. The summed E-state index contributed by atoms with van der Waals surface area (Å²) in [4.78, 5) is 15.0. The van der Waals surface area contributed by atoms with Crippen LogP contribution in [0.25, 0.3) is 11.6 Å². The molecule has 35 heavy (non-hydrogen) atoms. The maximum atomic E-state index is 16.0. The number of halogens is 3. The van der Waals surface area contributed by atoms with E-state index < -0.39 is 15.8 Å². The first-order chi connectivity index (χ1) is 16.7. The number of aliphatic imine (C=N–C) groups is 1. The second kappa shape index (κ2) is 8.78. The molecule has 180 valence electrons. The van der Waals surface area contributed by atoms with Gasteiger partial charge in [0, 0.05) is 36.5 Å². The van der Waals surface area contributed by atoms with Gasteiger partial charge in [0.05, 0.1) is 22.3 Å². The van der Waals surface area contributed by atoms with Gasteiger partial charge in [-0.15, -0.1) is 0 Å². The van der Waals surface area contributed by atoms with Crippen molar-refractivity contribution in [2.45, 2.75) is 11.8 Å². The Hall–Kier alpha value is -3.21. The highest BCUT2D eigenvalue weighted by Gasteiger charge is 2.33. The average molecular weight is 533 g/mol. The lowest BCUT2D eigenvalue weighted by Crippen LogP contribution is -2.33. The third kappa shape index (κ3) is 4.01. The first-order valence-corrected chi connectivity index (χ1v) is 12.8. The lowest BCUT2D eigenvalue weighted by molar-refractivity contribution is 0.598. The molecular formula is C23H19Cl2FN6O2S. The number of nitrogens with one attached hydrogen (secondary N) is 2. The smallest absolute Gasteiger partial charge is 0.264 e. The van der Waals surface area contributed by atoms with Crippen LogP contribution in [0.3, 0.4) is 0 Å². The fourth-order valence-electron chi connectivity index (χ4n) is 4.13. The zero-order valence-electron chi connectivity index (χ0n) is 18.6. The molecule has 1 aromatic heterocycles. The summed E-state index contributed by atoms with van der Waals surface area (Å²) in [5.74, 6) is 0.958. The van der Waals surface area contributed by atoms with E-state index in [4.69, 9.17) is 23.2 Å². The Bertz CT molecular complexity index is 1520. The molecule has 2 aromatic carbocycles. The molecule has 0 saturated heterocycles. The lowest BCUT2D eigenvalue weighted by Gasteiger charge is -2.28. The van der Waals surface area contributed by atoms with Crippen LogP contribution in [0.1, 0.15) is 16.7 Å². The number of nitrogens with zero attached hydrogens (tertiary/aromatic N) is 4. The summed E-state index contributed by atoms with van der Waals surface area (Å²) in [6.07, 6.45) is 3.42. The van der Waals surface area contributed by atoms with Crippen molar-refractivity contribution in [3.8, 4) is 0 Å². The van der Waals surface area contributed by atoms with Crippen molar-refractivity contribution in [2.24, 2.45) is 4.99 Å². The lowest BCUT2D eigenvalue weighted by atomic mass is 9.94. The molecule has 2 aliphatic rings. The Morgan fingerprint density at radius 3 is 2.60 bits per heavy atom. The quantitative estimate of drug-likeness (QED) is 0.487. The van der Waals surface area contributed by atoms with Crippen LogP contribution in [-0.2, 0) is 10.0 Å². The highest BCUT2D eigenvalue weighted by molar-refractivity contribution is 7.93. The molecule has 8 nitrogen and oxygen atoms in total. The number of aromatic nitrogens is 2. The summed E-state index contributed by atoms with van der Waals surface area (Å²) in [5.41, 5.74) is 1.82. The monoisotopic (exact) mass is 532 g/mol. The number of fused-ring (bicyclic) bond motifs is 3. The van der Waals surface area contributed by atoms with Crippen LogP contribution >= 0.6 is 23.2 Å². The topological polar surface area (TPSA) is 99.6 Å². The average Bonchev–Trinajstić information content (AvgIpc) is 3.31. The molecule has 0 amide bonds. The maximum absolute atomic E-state index is 16.0. The first-order valence-electron chi connectivity index (χ1n) is 10.6. The fourth-order valence-corrected chi connectivity index (χ4v) is 6.33. The number of anilines is 3. The van der Waals surface area contributed by atoms with Crippen LogP contribution < -0.4 is 14.9 Å². The van der Waals surface area contributed by atoms with E-state index in [0.29, 0.717) is 47.4 Å². The second-order valence-corrected chi connectivity index (χ2v) is 10.3. The van der Waals surface area contributed by atoms with E-state index in [9.17, 15) is 8.42 Å². The molecule has 0 radical (unpaired) electrons. The molecule has 0 aliphatic carbocycles. The van der Waals surface area contributed by atoms with Crippen molar-refractivity contribution < 1.29 is 12.8 Å². The van der Waals surface area contributed by atoms with E-state index in [-0.39, 0.29) is 26.2 Å². The van der Waals surface area contributed by atoms with Gasteiger partial charge < -0.3 is 10.2 Å². The molecule has 0 unspecified atom stereocenters. The summed E-state index contributed by atoms with van der Waals surface area (Å²) < 4.78 is 44.4. The van der Waals surface area contributed by atoms with Crippen molar-refractivity contribution in [1.29, 1.82) is 0 Å². The van der Waals surface area contributed by atoms with E-state index >= 15 is 4.39 Å². The maximum Gasteiger partial charge on any atom is 0.264 e. The number of rotatable bonds is 5. The Labute approximate surface area is 211 Å². The van der Waals surface area contributed by atoms with E-state index in [2.05, 4.69) is 25.0 Å². The van der Waals surface area contributed by atoms with Gasteiger partial charge in [-0.05, 0) is 36.8 Å². The summed E-state index contributed by atoms with van der Waals surface area (Å²) in [5, 5.41) is 2.78. The predicted molar refractivity (Wildman–Crippen MR) is 138 cm³/mol. The molecule has 0 spiro atoms. The summed E-state index contributed by atoms with van der Waals surface area (Å²) in [6.45, 7) is 2.85. The number of aryl methyl sites for hydroxylation is 1. The molecular weight excluding hydrogens is 514 g/mol. The van der Waals surface area contributed by atoms with Crippen molar-refractivity contribution >= 4 is 68.2 Å². The van der Waals surface area contributed by atoms with Crippen molar-refractivity contribution in [2.75, 3.05) is 35.1 Å². The van der Waals surface area contributed by atoms with Gasteiger partial charge in [0.1, 0.15) is 16.5 Å². The number of amidine groups is 1. The SMILES string of the molecule is CNc1ncc2c(n1)N1CCN=C1C(c1c(C)ccc(NS(=O)(=O)c3c(Cl)cccc3Cl)c1F)=C2. The number of hydrogen-bond donors (Lipinski definition) is 2. The van der Waals surface area contributed by atoms with E-state index in [1.807, 2.05) is 4.90 Å². The zero-order valence-corrected chi connectivity index (χ0v) is 20.9. The Morgan fingerprint density at radius 2 is 1.89 bits per heavy atom. The summed E-state index contributed by atoms with van der Waals surface area (Å²) in [7, 11) is -2.54. The van der Waals surface area contributed by atoms with Crippen LogP contribution in [0.5, 0.6) is 0 Å². The van der Waals surface area contributed by atoms with Crippen molar-refractivity contribution in [3.05, 3.63) is 69.1 Å². The van der Waals surface area contributed by atoms with Crippen LogP contribution in [-0.4, -0.2) is 44.4 Å². The predicted octanol–water partition coefficient (Wildman–Crippen LogP) is 4.85.